The molecule has 0 unspecified atom stereocenters. The lowest BCUT2D eigenvalue weighted by atomic mass is 10.2. The average Bonchev–Trinajstić information content (AvgIpc) is 2.74. The fourth-order valence-electron chi connectivity index (χ4n) is 2.65. The summed E-state index contributed by atoms with van der Waals surface area (Å²) in [4.78, 5) is 5.05. The molecule has 0 radical (unpaired) electrons. The predicted molar refractivity (Wildman–Crippen MR) is 66.8 cm³/mol. The van der Waals surface area contributed by atoms with Gasteiger partial charge in [-0.1, -0.05) is 18.2 Å². The van der Waals surface area contributed by atoms with Crippen LogP contribution in [-0.4, -0.2) is 44.3 Å². The van der Waals surface area contributed by atoms with Crippen molar-refractivity contribution in [1.29, 1.82) is 0 Å². The molecule has 86 valence electrons. The number of anilines is 1. The van der Waals surface area contributed by atoms with E-state index in [1.807, 2.05) is 0 Å². The molecular formula is C13H19N3. The zero-order valence-corrected chi connectivity index (χ0v) is 9.65. The van der Waals surface area contributed by atoms with Gasteiger partial charge in [-0.2, -0.15) is 0 Å². The van der Waals surface area contributed by atoms with Crippen molar-refractivity contribution < 1.29 is 0 Å². The summed E-state index contributed by atoms with van der Waals surface area (Å²) in [6.07, 6.45) is 1.21. The summed E-state index contributed by atoms with van der Waals surface area (Å²) < 4.78 is 0. The van der Waals surface area contributed by atoms with Crippen LogP contribution >= 0.6 is 0 Å². The largest absolute Gasteiger partial charge is 0.358 e. The molecule has 2 aliphatic heterocycles. The summed E-state index contributed by atoms with van der Waals surface area (Å²) in [5.74, 6) is 0. The Bertz CT molecular complexity index is 358. The van der Waals surface area contributed by atoms with Gasteiger partial charge in [-0.25, -0.2) is 0 Å². The molecule has 3 heteroatoms. The van der Waals surface area contributed by atoms with Gasteiger partial charge >= 0.3 is 0 Å². The molecule has 0 amide bonds. The second kappa shape index (κ2) is 4.44. The van der Waals surface area contributed by atoms with E-state index in [1.165, 1.54) is 37.3 Å². The van der Waals surface area contributed by atoms with Gasteiger partial charge in [0.15, 0.2) is 0 Å². The molecule has 0 aromatic heterocycles. The van der Waals surface area contributed by atoms with E-state index in [2.05, 4.69) is 39.4 Å². The van der Waals surface area contributed by atoms with Crippen molar-refractivity contribution in [3.05, 3.63) is 29.8 Å². The van der Waals surface area contributed by atoms with E-state index in [9.17, 15) is 0 Å². The van der Waals surface area contributed by atoms with Crippen molar-refractivity contribution in [3.63, 3.8) is 0 Å². The average molecular weight is 217 g/mol. The van der Waals surface area contributed by atoms with Crippen molar-refractivity contribution >= 4 is 5.69 Å². The molecule has 1 aromatic carbocycles. The van der Waals surface area contributed by atoms with E-state index < -0.39 is 0 Å². The number of hydrogen-bond acceptors (Lipinski definition) is 3. The Morgan fingerprint density at radius 2 is 1.88 bits per heavy atom. The second-order valence-corrected chi connectivity index (χ2v) is 4.65. The van der Waals surface area contributed by atoms with Crippen LogP contribution in [0.5, 0.6) is 0 Å². The topological polar surface area (TPSA) is 18.5 Å². The minimum atomic E-state index is 1.10. The molecule has 16 heavy (non-hydrogen) atoms. The van der Waals surface area contributed by atoms with Crippen molar-refractivity contribution in [2.45, 2.75) is 6.42 Å². The zero-order chi connectivity index (χ0) is 10.8. The number of fused-ring (bicyclic) bond motifs is 1. The minimum absolute atomic E-state index is 1.10. The molecule has 2 heterocycles. The fraction of sp³-hybridized carbons (Fsp3) is 0.538. The Labute approximate surface area is 97.0 Å². The highest BCUT2D eigenvalue weighted by Gasteiger charge is 2.20. The summed E-state index contributed by atoms with van der Waals surface area (Å²) >= 11 is 0. The van der Waals surface area contributed by atoms with Crippen molar-refractivity contribution in [1.82, 2.24) is 10.2 Å². The summed E-state index contributed by atoms with van der Waals surface area (Å²) in [5.41, 5.74) is 2.96. The monoisotopic (exact) mass is 217 g/mol. The van der Waals surface area contributed by atoms with Crippen molar-refractivity contribution in [3.8, 4) is 0 Å². The van der Waals surface area contributed by atoms with E-state index in [0.717, 1.165) is 19.8 Å². The van der Waals surface area contributed by atoms with E-state index in [0.29, 0.717) is 0 Å². The molecule has 1 N–H and O–H groups in total. The van der Waals surface area contributed by atoms with Gasteiger partial charge in [0.1, 0.15) is 0 Å². The highest BCUT2D eigenvalue weighted by Crippen LogP contribution is 2.27. The third-order valence-corrected chi connectivity index (χ3v) is 3.56. The van der Waals surface area contributed by atoms with Gasteiger partial charge in [-0.05, 0) is 18.1 Å². The fourth-order valence-corrected chi connectivity index (χ4v) is 2.65. The second-order valence-electron chi connectivity index (χ2n) is 4.65. The van der Waals surface area contributed by atoms with Gasteiger partial charge in [-0.15, -0.1) is 0 Å². The number of hydrogen-bond donors (Lipinski definition) is 1. The summed E-state index contributed by atoms with van der Waals surface area (Å²) in [5, 5.41) is 3.40. The summed E-state index contributed by atoms with van der Waals surface area (Å²) in [6.45, 7) is 6.91. The van der Waals surface area contributed by atoms with Gasteiger partial charge in [0.2, 0.25) is 0 Å². The third-order valence-electron chi connectivity index (χ3n) is 3.56. The molecule has 3 rings (SSSR count). The summed E-state index contributed by atoms with van der Waals surface area (Å²) in [6, 6.07) is 8.81. The minimum Gasteiger partial charge on any atom is -0.358 e. The SMILES string of the molecule is c1ccc2c(c1)CCN2CN1CCNCC1. The molecule has 0 bridgehead atoms. The van der Waals surface area contributed by atoms with E-state index in [1.54, 1.807) is 0 Å². The highest BCUT2D eigenvalue weighted by atomic mass is 15.3. The number of rotatable bonds is 2. The first-order chi connectivity index (χ1) is 7.93. The van der Waals surface area contributed by atoms with Crippen LogP contribution in [0.25, 0.3) is 0 Å². The molecule has 1 aromatic rings. The van der Waals surface area contributed by atoms with E-state index in [-0.39, 0.29) is 0 Å². The number of para-hydroxylation sites is 1. The first-order valence-electron chi connectivity index (χ1n) is 6.19. The van der Waals surface area contributed by atoms with Crippen LogP contribution in [0.2, 0.25) is 0 Å². The third kappa shape index (κ3) is 1.93. The lowest BCUT2D eigenvalue weighted by Crippen LogP contribution is -2.48. The Morgan fingerprint density at radius 3 is 2.75 bits per heavy atom. The first kappa shape index (κ1) is 10.1. The molecule has 3 nitrogen and oxygen atoms in total. The Kier molecular flexibility index (Phi) is 2.80. The first-order valence-corrected chi connectivity index (χ1v) is 6.19. The Balaban J connectivity index is 1.68. The number of nitrogens with one attached hydrogen (secondary N) is 1. The van der Waals surface area contributed by atoms with Crippen LogP contribution in [0.4, 0.5) is 5.69 Å². The van der Waals surface area contributed by atoms with Crippen LogP contribution < -0.4 is 10.2 Å². The molecule has 1 saturated heterocycles. The van der Waals surface area contributed by atoms with Crippen LogP contribution in [0.15, 0.2) is 24.3 Å². The van der Waals surface area contributed by atoms with Gasteiger partial charge in [0.05, 0.1) is 6.67 Å². The number of piperazine rings is 1. The number of nitrogens with zero attached hydrogens (tertiary/aromatic N) is 2. The quantitative estimate of drug-likeness (QED) is 0.794. The molecule has 0 saturated carbocycles. The zero-order valence-electron chi connectivity index (χ0n) is 9.65. The molecule has 0 atom stereocenters. The van der Waals surface area contributed by atoms with Crippen LogP contribution in [-0.2, 0) is 6.42 Å². The predicted octanol–water partition coefficient (Wildman–Crippen LogP) is 0.912. The Hall–Kier alpha value is -1.06. The smallest absolute Gasteiger partial charge is 0.0708 e. The maximum atomic E-state index is 3.40. The van der Waals surface area contributed by atoms with Crippen molar-refractivity contribution in [2.24, 2.45) is 0 Å². The Morgan fingerprint density at radius 1 is 1.06 bits per heavy atom. The normalized spacial score (nSPS) is 21.1. The maximum Gasteiger partial charge on any atom is 0.0708 e. The standard InChI is InChI=1S/C13H19N3/c1-2-4-13-12(3-1)5-8-16(13)11-15-9-6-14-7-10-15/h1-4,14H,5-11H2. The lowest BCUT2D eigenvalue weighted by Gasteiger charge is -2.32. The molecular weight excluding hydrogens is 198 g/mol. The van der Waals surface area contributed by atoms with Crippen molar-refractivity contribution in [2.75, 3.05) is 44.3 Å². The van der Waals surface area contributed by atoms with E-state index in [4.69, 9.17) is 0 Å². The van der Waals surface area contributed by atoms with Crippen LogP contribution in [0, 0.1) is 0 Å². The van der Waals surface area contributed by atoms with Crippen LogP contribution in [0.3, 0.4) is 0 Å². The summed E-state index contributed by atoms with van der Waals surface area (Å²) in [7, 11) is 0. The highest BCUT2D eigenvalue weighted by molar-refractivity contribution is 5.57. The molecule has 2 aliphatic rings. The molecule has 1 fully saturated rings. The number of benzene rings is 1. The van der Waals surface area contributed by atoms with Gasteiger partial charge in [-0.3, -0.25) is 4.90 Å². The van der Waals surface area contributed by atoms with Gasteiger partial charge in [0, 0.05) is 38.4 Å². The van der Waals surface area contributed by atoms with Crippen LogP contribution in [0.1, 0.15) is 5.56 Å². The molecule has 0 spiro atoms. The maximum absolute atomic E-state index is 3.40. The molecule has 0 aliphatic carbocycles. The van der Waals surface area contributed by atoms with Gasteiger partial charge in [0.25, 0.3) is 0 Å². The van der Waals surface area contributed by atoms with E-state index >= 15 is 0 Å². The lowest BCUT2D eigenvalue weighted by molar-refractivity contribution is 0.241. The van der Waals surface area contributed by atoms with Gasteiger partial charge < -0.3 is 10.2 Å².